The van der Waals surface area contributed by atoms with Gasteiger partial charge in [-0.3, -0.25) is 0 Å². The number of esters is 1. The van der Waals surface area contributed by atoms with E-state index in [0.29, 0.717) is 11.1 Å². The summed E-state index contributed by atoms with van der Waals surface area (Å²) in [6, 6.07) is 5.15. The van der Waals surface area contributed by atoms with Crippen LogP contribution in [0.2, 0.25) is 0 Å². The first-order valence-corrected chi connectivity index (χ1v) is 5.01. The third kappa shape index (κ3) is 1.83. The number of carbonyl (C=O) groups is 1. The van der Waals surface area contributed by atoms with Crippen LogP contribution in [0.1, 0.15) is 10.4 Å². The van der Waals surface area contributed by atoms with Crippen LogP contribution in [-0.4, -0.2) is 23.3 Å². The van der Waals surface area contributed by atoms with Crippen LogP contribution < -0.4 is 0 Å². The van der Waals surface area contributed by atoms with Gasteiger partial charge in [0.05, 0.1) is 24.4 Å². The summed E-state index contributed by atoms with van der Waals surface area (Å²) < 4.78 is 5.47. The minimum atomic E-state index is -0.376. The van der Waals surface area contributed by atoms with Gasteiger partial charge in [-0.1, -0.05) is 6.07 Å². The van der Waals surface area contributed by atoms with Gasteiger partial charge in [0.2, 0.25) is 0 Å². The standard InChI is InChI=1S/C10H7BrN2O2/c1-15-10(14)6-2-3-7-8(11)5-12-13-9(7)4-6/h2-5H,1H3. The molecule has 1 aromatic carbocycles. The molecule has 5 heteroatoms. The van der Waals surface area contributed by atoms with Crippen LogP contribution >= 0.6 is 15.9 Å². The Labute approximate surface area is 94.4 Å². The second-order valence-corrected chi connectivity index (χ2v) is 3.77. The minimum absolute atomic E-state index is 0.376. The number of hydrogen-bond acceptors (Lipinski definition) is 4. The summed E-state index contributed by atoms with van der Waals surface area (Å²) in [6.07, 6.45) is 1.61. The predicted octanol–water partition coefficient (Wildman–Crippen LogP) is 2.18. The molecule has 0 aliphatic rings. The number of ether oxygens (including phenoxy) is 1. The summed E-state index contributed by atoms with van der Waals surface area (Å²) in [5.74, 6) is -0.376. The molecule has 0 aliphatic heterocycles. The Kier molecular flexibility index (Phi) is 2.64. The van der Waals surface area contributed by atoms with Crippen molar-refractivity contribution in [2.75, 3.05) is 7.11 Å². The molecule has 4 nitrogen and oxygen atoms in total. The van der Waals surface area contributed by atoms with Crippen molar-refractivity contribution in [2.24, 2.45) is 0 Å². The van der Waals surface area contributed by atoms with Gasteiger partial charge in [0.25, 0.3) is 0 Å². The smallest absolute Gasteiger partial charge is 0.337 e. The van der Waals surface area contributed by atoms with Crippen molar-refractivity contribution in [1.82, 2.24) is 10.2 Å². The number of halogens is 1. The molecule has 1 aromatic heterocycles. The van der Waals surface area contributed by atoms with Crippen LogP contribution in [0.15, 0.2) is 28.9 Å². The van der Waals surface area contributed by atoms with Gasteiger partial charge in [-0.2, -0.15) is 10.2 Å². The first-order chi connectivity index (χ1) is 7.22. The number of benzene rings is 1. The molecular weight excluding hydrogens is 260 g/mol. The van der Waals surface area contributed by atoms with Crippen LogP contribution in [0.5, 0.6) is 0 Å². The lowest BCUT2D eigenvalue weighted by Crippen LogP contribution is -2.01. The van der Waals surface area contributed by atoms with Gasteiger partial charge in [-0.25, -0.2) is 4.79 Å². The largest absolute Gasteiger partial charge is 0.465 e. The summed E-state index contributed by atoms with van der Waals surface area (Å²) in [7, 11) is 1.35. The van der Waals surface area contributed by atoms with E-state index in [2.05, 4.69) is 30.9 Å². The van der Waals surface area contributed by atoms with E-state index in [4.69, 9.17) is 0 Å². The lowest BCUT2D eigenvalue weighted by molar-refractivity contribution is 0.0601. The van der Waals surface area contributed by atoms with Gasteiger partial charge in [-0.15, -0.1) is 0 Å². The zero-order valence-electron chi connectivity index (χ0n) is 7.90. The van der Waals surface area contributed by atoms with Crippen molar-refractivity contribution < 1.29 is 9.53 Å². The molecule has 0 N–H and O–H groups in total. The van der Waals surface area contributed by atoms with E-state index in [9.17, 15) is 4.79 Å². The Bertz CT molecular complexity index is 528. The molecule has 0 atom stereocenters. The minimum Gasteiger partial charge on any atom is -0.465 e. The Morgan fingerprint density at radius 2 is 2.27 bits per heavy atom. The van der Waals surface area contributed by atoms with E-state index in [1.165, 1.54) is 7.11 Å². The monoisotopic (exact) mass is 266 g/mol. The number of carbonyl (C=O) groups excluding carboxylic acids is 1. The number of aromatic nitrogens is 2. The Balaban J connectivity index is 2.62. The van der Waals surface area contributed by atoms with E-state index < -0.39 is 0 Å². The van der Waals surface area contributed by atoms with Crippen LogP contribution in [-0.2, 0) is 4.74 Å². The molecule has 1 heterocycles. The Morgan fingerprint density at radius 3 is 3.00 bits per heavy atom. The highest BCUT2D eigenvalue weighted by atomic mass is 79.9. The zero-order chi connectivity index (χ0) is 10.8. The van der Waals surface area contributed by atoms with E-state index in [1.807, 2.05) is 0 Å². The molecule has 0 saturated carbocycles. The maximum absolute atomic E-state index is 11.3. The van der Waals surface area contributed by atoms with Crippen molar-refractivity contribution in [3.63, 3.8) is 0 Å². The van der Waals surface area contributed by atoms with Crippen LogP contribution in [0.3, 0.4) is 0 Å². The fourth-order valence-electron chi connectivity index (χ4n) is 1.27. The molecule has 0 unspecified atom stereocenters. The summed E-state index contributed by atoms with van der Waals surface area (Å²) in [5, 5.41) is 8.64. The lowest BCUT2D eigenvalue weighted by atomic mass is 10.1. The van der Waals surface area contributed by atoms with Gasteiger partial charge in [0.1, 0.15) is 0 Å². The maximum Gasteiger partial charge on any atom is 0.337 e. The van der Waals surface area contributed by atoms with Crippen molar-refractivity contribution in [1.29, 1.82) is 0 Å². The third-order valence-corrected chi connectivity index (χ3v) is 2.64. The third-order valence-electron chi connectivity index (χ3n) is 2.01. The molecule has 0 radical (unpaired) electrons. The predicted molar refractivity (Wildman–Crippen MR) is 58.6 cm³/mol. The molecule has 76 valence electrons. The van der Waals surface area contributed by atoms with Crippen LogP contribution in [0, 0.1) is 0 Å². The molecule has 0 bridgehead atoms. The molecule has 2 aromatic rings. The maximum atomic E-state index is 11.3. The quantitative estimate of drug-likeness (QED) is 0.743. The molecule has 0 saturated heterocycles. The van der Waals surface area contributed by atoms with Gasteiger partial charge in [0, 0.05) is 9.86 Å². The van der Waals surface area contributed by atoms with E-state index in [1.54, 1.807) is 24.4 Å². The lowest BCUT2D eigenvalue weighted by Gasteiger charge is -2.01. The molecule has 0 amide bonds. The zero-order valence-corrected chi connectivity index (χ0v) is 9.48. The Morgan fingerprint density at radius 1 is 1.47 bits per heavy atom. The highest BCUT2D eigenvalue weighted by Gasteiger charge is 2.07. The molecule has 0 fully saturated rings. The first-order valence-electron chi connectivity index (χ1n) is 4.21. The van der Waals surface area contributed by atoms with E-state index in [-0.39, 0.29) is 5.97 Å². The fourth-order valence-corrected chi connectivity index (χ4v) is 1.70. The number of nitrogens with zero attached hydrogens (tertiary/aromatic N) is 2. The van der Waals surface area contributed by atoms with Crippen molar-refractivity contribution in [2.45, 2.75) is 0 Å². The molecule has 0 spiro atoms. The van der Waals surface area contributed by atoms with Crippen LogP contribution in [0.25, 0.3) is 10.9 Å². The highest BCUT2D eigenvalue weighted by Crippen LogP contribution is 2.21. The number of hydrogen-bond donors (Lipinski definition) is 0. The number of fused-ring (bicyclic) bond motifs is 1. The van der Waals surface area contributed by atoms with Crippen molar-refractivity contribution in [3.8, 4) is 0 Å². The summed E-state index contributed by atoms with van der Waals surface area (Å²) >= 11 is 3.36. The van der Waals surface area contributed by atoms with Gasteiger partial charge < -0.3 is 4.74 Å². The average Bonchev–Trinajstić information content (AvgIpc) is 2.28. The molecule has 0 aliphatic carbocycles. The van der Waals surface area contributed by atoms with Gasteiger partial charge in [-0.05, 0) is 28.1 Å². The summed E-state index contributed by atoms with van der Waals surface area (Å²) in [5.41, 5.74) is 1.13. The van der Waals surface area contributed by atoms with E-state index >= 15 is 0 Å². The van der Waals surface area contributed by atoms with E-state index in [0.717, 1.165) is 9.86 Å². The van der Waals surface area contributed by atoms with Gasteiger partial charge >= 0.3 is 5.97 Å². The number of methoxy groups -OCH3 is 1. The molecule has 15 heavy (non-hydrogen) atoms. The second kappa shape index (κ2) is 3.94. The normalized spacial score (nSPS) is 10.3. The van der Waals surface area contributed by atoms with Crippen molar-refractivity contribution in [3.05, 3.63) is 34.4 Å². The fraction of sp³-hybridized carbons (Fsp3) is 0.100. The van der Waals surface area contributed by atoms with Crippen molar-refractivity contribution >= 4 is 32.8 Å². The highest BCUT2D eigenvalue weighted by molar-refractivity contribution is 9.10. The van der Waals surface area contributed by atoms with Gasteiger partial charge in [0.15, 0.2) is 0 Å². The summed E-state index contributed by atoms with van der Waals surface area (Å²) in [4.78, 5) is 11.3. The average molecular weight is 267 g/mol. The Hall–Kier alpha value is -1.49. The summed E-state index contributed by atoms with van der Waals surface area (Å²) in [6.45, 7) is 0. The molecular formula is C10H7BrN2O2. The first kappa shape index (κ1) is 10.0. The number of rotatable bonds is 1. The SMILES string of the molecule is COC(=O)c1ccc2c(Br)cnnc2c1. The topological polar surface area (TPSA) is 52.1 Å². The second-order valence-electron chi connectivity index (χ2n) is 2.92. The molecule has 2 rings (SSSR count). The van der Waals surface area contributed by atoms with Crippen LogP contribution in [0.4, 0.5) is 0 Å².